The average molecular weight is 335 g/mol. The Hall–Kier alpha value is -2.01. The van der Waals surface area contributed by atoms with Crippen molar-refractivity contribution in [1.82, 2.24) is 0 Å². The molecule has 104 valence electrons. The van der Waals surface area contributed by atoms with E-state index in [2.05, 4.69) is 21.2 Å². The Morgan fingerprint density at radius 1 is 1.30 bits per heavy atom. The molecule has 3 N–H and O–H groups in total. The van der Waals surface area contributed by atoms with Crippen molar-refractivity contribution in [3.63, 3.8) is 0 Å². The van der Waals surface area contributed by atoms with E-state index in [0.717, 1.165) is 15.7 Å². The largest absolute Gasteiger partial charge is 0.495 e. The number of hydrogen-bond acceptors (Lipinski definition) is 3. The molecule has 0 aliphatic rings. The zero-order valence-electron chi connectivity index (χ0n) is 11.2. The summed E-state index contributed by atoms with van der Waals surface area (Å²) in [5.41, 5.74) is 8.47. The fraction of sp³-hybridized carbons (Fsp3) is 0.133. The highest BCUT2D eigenvalue weighted by Crippen LogP contribution is 2.25. The summed E-state index contributed by atoms with van der Waals surface area (Å²) in [4.78, 5) is 12.2. The second-order valence-electron chi connectivity index (χ2n) is 4.32. The normalized spacial score (nSPS) is 10.2. The molecule has 0 aliphatic heterocycles. The second kappa shape index (κ2) is 5.96. The van der Waals surface area contributed by atoms with Crippen molar-refractivity contribution in [1.29, 1.82) is 0 Å². The minimum Gasteiger partial charge on any atom is -0.495 e. The zero-order valence-corrected chi connectivity index (χ0v) is 12.8. The SMILES string of the molecule is COc1cc(C(=O)Nc2cccc(Br)c2C)ccc1N. The summed E-state index contributed by atoms with van der Waals surface area (Å²) in [5.74, 6) is 0.285. The minimum absolute atomic E-state index is 0.204. The maximum Gasteiger partial charge on any atom is 0.255 e. The van der Waals surface area contributed by atoms with Gasteiger partial charge in [0, 0.05) is 15.7 Å². The van der Waals surface area contributed by atoms with Crippen molar-refractivity contribution in [2.45, 2.75) is 6.92 Å². The first-order chi connectivity index (χ1) is 9.52. The van der Waals surface area contributed by atoms with Gasteiger partial charge in [-0.2, -0.15) is 0 Å². The topological polar surface area (TPSA) is 64.3 Å². The Kier molecular flexibility index (Phi) is 4.29. The summed E-state index contributed by atoms with van der Waals surface area (Å²) in [6.07, 6.45) is 0. The number of hydrogen-bond donors (Lipinski definition) is 2. The van der Waals surface area contributed by atoms with Crippen LogP contribution in [0.2, 0.25) is 0 Å². The summed E-state index contributed by atoms with van der Waals surface area (Å²) in [6, 6.07) is 10.6. The van der Waals surface area contributed by atoms with Crippen LogP contribution in [0.5, 0.6) is 5.75 Å². The van der Waals surface area contributed by atoms with Crippen LogP contribution in [-0.4, -0.2) is 13.0 Å². The molecule has 1 amide bonds. The Morgan fingerprint density at radius 2 is 2.05 bits per heavy atom. The van der Waals surface area contributed by atoms with Gasteiger partial charge in [0.1, 0.15) is 5.75 Å². The van der Waals surface area contributed by atoms with E-state index >= 15 is 0 Å². The molecule has 0 bridgehead atoms. The molecular weight excluding hydrogens is 320 g/mol. The second-order valence-corrected chi connectivity index (χ2v) is 5.18. The van der Waals surface area contributed by atoms with Crippen LogP contribution in [0.3, 0.4) is 0 Å². The van der Waals surface area contributed by atoms with Gasteiger partial charge in [-0.05, 0) is 42.8 Å². The first-order valence-corrected chi connectivity index (χ1v) is 6.82. The van der Waals surface area contributed by atoms with Crippen LogP contribution in [0.1, 0.15) is 15.9 Å². The molecule has 0 saturated heterocycles. The third kappa shape index (κ3) is 2.93. The van der Waals surface area contributed by atoms with Gasteiger partial charge in [-0.1, -0.05) is 22.0 Å². The van der Waals surface area contributed by atoms with Crippen molar-refractivity contribution in [3.8, 4) is 5.75 Å². The van der Waals surface area contributed by atoms with Crippen LogP contribution in [0.4, 0.5) is 11.4 Å². The van der Waals surface area contributed by atoms with E-state index in [9.17, 15) is 4.79 Å². The van der Waals surface area contributed by atoms with Crippen molar-refractivity contribution in [2.75, 3.05) is 18.2 Å². The van der Waals surface area contributed by atoms with Crippen LogP contribution >= 0.6 is 15.9 Å². The van der Waals surface area contributed by atoms with Gasteiger partial charge in [-0.15, -0.1) is 0 Å². The lowest BCUT2D eigenvalue weighted by Crippen LogP contribution is -2.13. The van der Waals surface area contributed by atoms with Gasteiger partial charge in [0.05, 0.1) is 12.8 Å². The highest BCUT2D eigenvalue weighted by atomic mass is 79.9. The molecule has 4 nitrogen and oxygen atoms in total. The molecule has 0 saturated carbocycles. The number of benzene rings is 2. The summed E-state index contributed by atoms with van der Waals surface area (Å²) in [6.45, 7) is 1.93. The number of nitrogen functional groups attached to an aromatic ring is 1. The Bertz CT molecular complexity index is 656. The summed E-state index contributed by atoms with van der Waals surface area (Å²) < 4.78 is 6.07. The number of amides is 1. The highest BCUT2D eigenvalue weighted by molar-refractivity contribution is 9.10. The number of ether oxygens (including phenoxy) is 1. The number of halogens is 1. The standard InChI is InChI=1S/C15H15BrN2O2/c1-9-11(16)4-3-5-13(9)18-15(19)10-6-7-12(17)14(8-10)20-2/h3-8H,17H2,1-2H3,(H,18,19). The smallest absolute Gasteiger partial charge is 0.255 e. The maximum atomic E-state index is 12.2. The predicted molar refractivity (Wildman–Crippen MR) is 84.2 cm³/mol. The van der Waals surface area contributed by atoms with Crippen molar-refractivity contribution in [2.24, 2.45) is 0 Å². The summed E-state index contributed by atoms with van der Waals surface area (Å²) >= 11 is 3.44. The average Bonchev–Trinajstić information content (AvgIpc) is 2.44. The molecule has 0 aromatic heterocycles. The number of carbonyl (C=O) groups is 1. The first kappa shape index (κ1) is 14.4. The fourth-order valence-corrected chi connectivity index (χ4v) is 2.16. The van der Waals surface area contributed by atoms with E-state index in [-0.39, 0.29) is 5.91 Å². The highest BCUT2D eigenvalue weighted by Gasteiger charge is 2.11. The fourth-order valence-electron chi connectivity index (χ4n) is 1.79. The monoisotopic (exact) mass is 334 g/mol. The van der Waals surface area contributed by atoms with Gasteiger partial charge in [0.25, 0.3) is 5.91 Å². The lowest BCUT2D eigenvalue weighted by Gasteiger charge is -2.11. The van der Waals surface area contributed by atoms with Crippen LogP contribution in [0, 0.1) is 6.92 Å². The Balaban J connectivity index is 2.26. The number of nitrogens with two attached hydrogens (primary N) is 1. The maximum absolute atomic E-state index is 12.2. The van der Waals surface area contributed by atoms with E-state index in [1.807, 2.05) is 25.1 Å². The molecule has 0 fully saturated rings. The van der Waals surface area contributed by atoms with E-state index in [4.69, 9.17) is 10.5 Å². The van der Waals surface area contributed by atoms with Gasteiger partial charge < -0.3 is 15.8 Å². The van der Waals surface area contributed by atoms with Gasteiger partial charge >= 0.3 is 0 Å². The van der Waals surface area contributed by atoms with Gasteiger partial charge in [0.15, 0.2) is 0 Å². The van der Waals surface area contributed by atoms with E-state index < -0.39 is 0 Å². The van der Waals surface area contributed by atoms with Crippen molar-refractivity contribution < 1.29 is 9.53 Å². The van der Waals surface area contributed by atoms with Gasteiger partial charge in [-0.3, -0.25) is 4.79 Å². The van der Waals surface area contributed by atoms with Crippen LogP contribution < -0.4 is 15.8 Å². The molecule has 0 spiro atoms. The molecule has 2 rings (SSSR count). The van der Waals surface area contributed by atoms with Crippen molar-refractivity contribution in [3.05, 3.63) is 52.0 Å². The zero-order chi connectivity index (χ0) is 14.7. The molecule has 0 aliphatic carbocycles. The number of rotatable bonds is 3. The number of nitrogens with one attached hydrogen (secondary N) is 1. The van der Waals surface area contributed by atoms with Gasteiger partial charge in [0.2, 0.25) is 0 Å². The summed E-state index contributed by atoms with van der Waals surface area (Å²) in [5, 5.41) is 2.87. The lowest BCUT2D eigenvalue weighted by atomic mass is 10.1. The third-order valence-corrected chi connectivity index (χ3v) is 3.87. The number of anilines is 2. The number of carbonyl (C=O) groups excluding carboxylic acids is 1. The van der Waals surface area contributed by atoms with E-state index in [0.29, 0.717) is 17.0 Å². The molecule has 20 heavy (non-hydrogen) atoms. The molecule has 0 heterocycles. The quantitative estimate of drug-likeness (QED) is 0.843. The molecule has 2 aromatic rings. The molecule has 2 aromatic carbocycles. The predicted octanol–water partition coefficient (Wildman–Crippen LogP) is 3.60. The van der Waals surface area contributed by atoms with Crippen molar-refractivity contribution >= 4 is 33.2 Å². The van der Waals surface area contributed by atoms with Crippen LogP contribution in [0.15, 0.2) is 40.9 Å². The molecule has 0 radical (unpaired) electrons. The molecule has 0 unspecified atom stereocenters. The molecular formula is C15H15BrN2O2. The number of methoxy groups -OCH3 is 1. The first-order valence-electron chi connectivity index (χ1n) is 6.03. The Morgan fingerprint density at radius 3 is 2.75 bits per heavy atom. The van der Waals surface area contributed by atoms with E-state index in [1.54, 1.807) is 18.2 Å². The molecule has 0 atom stereocenters. The third-order valence-electron chi connectivity index (χ3n) is 3.01. The molecule has 5 heteroatoms. The summed E-state index contributed by atoms with van der Waals surface area (Å²) in [7, 11) is 1.52. The van der Waals surface area contributed by atoms with Crippen LogP contribution in [-0.2, 0) is 0 Å². The minimum atomic E-state index is -0.204. The van der Waals surface area contributed by atoms with E-state index in [1.165, 1.54) is 7.11 Å². The van der Waals surface area contributed by atoms with Crippen LogP contribution in [0.25, 0.3) is 0 Å². The Labute approximate surface area is 126 Å². The lowest BCUT2D eigenvalue weighted by molar-refractivity contribution is 0.102. The van der Waals surface area contributed by atoms with Gasteiger partial charge in [-0.25, -0.2) is 0 Å².